The summed E-state index contributed by atoms with van der Waals surface area (Å²) in [5, 5.41) is 18.9. The molecule has 1 rings (SSSR count). The van der Waals surface area contributed by atoms with Crippen LogP contribution in [0.15, 0.2) is 12.4 Å². The lowest BCUT2D eigenvalue weighted by atomic mass is 9.96. The molecule has 2 N–H and O–H groups in total. The quantitative estimate of drug-likeness (QED) is 0.669. The largest absolute Gasteiger partial charge is 0.481 e. The van der Waals surface area contributed by atoms with Gasteiger partial charge >= 0.3 is 5.97 Å². The molecule has 7 heteroatoms. The average Bonchev–Trinajstić information content (AvgIpc) is 2.93. The van der Waals surface area contributed by atoms with E-state index in [2.05, 4.69) is 15.6 Å². The molecule has 0 saturated heterocycles. The zero-order valence-corrected chi connectivity index (χ0v) is 11.8. The molecule has 0 aliphatic carbocycles. The molecular weight excluding hydrogens is 260 g/mol. The number of amides is 1. The molecule has 20 heavy (non-hydrogen) atoms. The number of carbonyl (C=O) groups is 2. The molecule has 1 aromatic rings. The minimum Gasteiger partial charge on any atom is -0.481 e. The van der Waals surface area contributed by atoms with Gasteiger partial charge < -0.3 is 10.4 Å². The number of aliphatic carboxylic acids is 1. The van der Waals surface area contributed by atoms with Crippen molar-refractivity contribution in [1.29, 1.82) is 0 Å². The molecule has 0 aliphatic heterocycles. The maximum atomic E-state index is 11.6. The van der Waals surface area contributed by atoms with Crippen LogP contribution in [0.4, 0.5) is 0 Å². The smallest absolute Gasteiger partial charge is 0.303 e. The molecule has 0 bridgehead atoms. The van der Waals surface area contributed by atoms with Gasteiger partial charge in [-0.25, -0.2) is 0 Å². The van der Waals surface area contributed by atoms with Gasteiger partial charge in [0, 0.05) is 25.6 Å². The fourth-order valence-electron chi connectivity index (χ4n) is 1.95. The Hall–Kier alpha value is -1.92. The van der Waals surface area contributed by atoms with Gasteiger partial charge in [-0.2, -0.15) is 0 Å². The standard InChI is InChI=1S/C13H22N4O3/c1-2-11(3-4-13(19)20)5-7-14-12(18)6-9-17-10-8-15-16-17/h8,10-11H,2-7,9H2,1H3,(H,14,18)(H,19,20). The highest BCUT2D eigenvalue weighted by molar-refractivity contribution is 5.75. The van der Waals surface area contributed by atoms with E-state index in [-0.39, 0.29) is 12.3 Å². The first kappa shape index (κ1) is 16.1. The van der Waals surface area contributed by atoms with E-state index in [4.69, 9.17) is 5.11 Å². The van der Waals surface area contributed by atoms with Crippen LogP contribution in [0.3, 0.4) is 0 Å². The Morgan fingerprint density at radius 3 is 2.75 bits per heavy atom. The molecule has 1 aromatic heterocycles. The first-order chi connectivity index (χ1) is 9.61. The summed E-state index contributed by atoms with van der Waals surface area (Å²) in [6, 6.07) is 0. The summed E-state index contributed by atoms with van der Waals surface area (Å²) in [7, 11) is 0. The number of nitrogens with one attached hydrogen (secondary N) is 1. The third-order valence-electron chi connectivity index (χ3n) is 3.26. The Bertz CT molecular complexity index is 406. The van der Waals surface area contributed by atoms with Crippen LogP contribution in [0.1, 0.15) is 39.0 Å². The summed E-state index contributed by atoms with van der Waals surface area (Å²) in [6.07, 6.45) is 6.27. The van der Waals surface area contributed by atoms with Crippen LogP contribution >= 0.6 is 0 Å². The van der Waals surface area contributed by atoms with Crippen molar-refractivity contribution in [3.05, 3.63) is 12.4 Å². The second-order valence-corrected chi connectivity index (χ2v) is 4.76. The van der Waals surface area contributed by atoms with Crippen molar-refractivity contribution < 1.29 is 14.7 Å². The summed E-state index contributed by atoms with van der Waals surface area (Å²) in [6.45, 7) is 3.15. The highest BCUT2D eigenvalue weighted by Gasteiger charge is 2.09. The molecular formula is C13H22N4O3. The number of aryl methyl sites for hydroxylation is 1. The lowest BCUT2D eigenvalue weighted by molar-refractivity contribution is -0.137. The molecule has 0 aromatic carbocycles. The van der Waals surface area contributed by atoms with Gasteiger partial charge in [0.15, 0.2) is 0 Å². The summed E-state index contributed by atoms with van der Waals surface area (Å²) in [5.74, 6) is -0.435. The summed E-state index contributed by atoms with van der Waals surface area (Å²) in [4.78, 5) is 22.1. The zero-order chi connectivity index (χ0) is 14.8. The second-order valence-electron chi connectivity index (χ2n) is 4.76. The van der Waals surface area contributed by atoms with Crippen LogP contribution in [0.25, 0.3) is 0 Å². The molecule has 0 spiro atoms. The van der Waals surface area contributed by atoms with E-state index in [1.54, 1.807) is 17.1 Å². The predicted octanol–water partition coefficient (Wildman–Crippen LogP) is 1.07. The van der Waals surface area contributed by atoms with Crippen LogP contribution in [0.2, 0.25) is 0 Å². The van der Waals surface area contributed by atoms with E-state index in [9.17, 15) is 9.59 Å². The Kier molecular flexibility index (Phi) is 7.31. The first-order valence-electron chi connectivity index (χ1n) is 6.94. The molecule has 0 fully saturated rings. The third kappa shape index (κ3) is 6.86. The van der Waals surface area contributed by atoms with Gasteiger partial charge in [-0.15, -0.1) is 5.10 Å². The van der Waals surface area contributed by atoms with E-state index in [1.807, 2.05) is 6.92 Å². The normalized spacial score (nSPS) is 12.1. The summed E-state index contributed by atoms with van der Waals surface area (Å²) < 4.78 is 1.61. The van der Waals surface area contributed by atoms with Gasteiger partial charge in [0.1, 0.15) is 0 Å². The van der Waals surface area contributed by atoms with Crippen LogP contribution in [-0.4, -0.2) is 38.5 Å². The fourth-order valence-corrected chi connectivity index (χ4v) is 1.95. The maximum Gasteiger partial charge on any atom is 0.303 e. The van der Waals surface area contributed by atoms with Crippen LogP contribution in [0.5, 0.6) is 0 Å². The molecule has 1 heterocycles. The lowest BCUT2D eigenvalue weighted by Crippen LogP contribution is -2.27. The number of carboxylic acids is 1. The molecule has 0 saturated carbocycles. The maximum absolute atomic E-state index is 11.6. The Balaban J connectivity index is 2.11. The molecule has 1 unspecified atom stereocenters. The minimum atomic E-state index is -0.764. The zero-order valence-electron chi connectivity index (χ0n) is 11.8. The van der Waals surface area contributed by atoms with Gasteiger partial charge in [0.05, 0.1) is 12.7 Å². The number of hydrogen-bond acceptors (Lipinski definition) is 4. The van der Waals surface area contributed by atoms with Crippen molar-refractivity contribution in [2.75, 3.05) is 6.54 Å². The van der Waals surface area contributed by atoms with E-state index in [0.29, 0.717) is 31.8 Å². The highest BCUT2D eigenvalue weighted by Crippen LogP contribution is 2.14. The number of carbonyl (C=O) groups excluding carboxylic acids is 1. The van der Waals surface area contributed by atoms with Crippen molar-refractivity contribution in [3.8, 4) is 0 Å². The molecule has 1 atom stereocenters. The van der Waals surface area contributed by atoms with Gasteiger partial charge in [-0.3, -0.25) is 14.3 Å². The number of rotatable bonds is 10. The molecule has 0 aliphatic rings. The van der Waals surface area contributed by atoms with Crippen LogP contribution < -0.4 is 5.32 Å². The Labute approximate surface area is 118 Å². The van der Waals surface area contributed by atoms with Gasteiger partial charge in [0.2, 0.25) is 5.91 Å². The van der Waals surface area contributed by atoms with Crippen LogP contribution in [-0.2, 0) is 16.1 Å². The van der Waals surface area contributed by atoms with Crippen LogP contribution in [0, 0.1) is 5.92 Å². The van der Waals surface area contributed by atoms with Crippen molar-refractivity contribution in [1.82, 2.24) is 20.3 Å². The summed E-state index contributed by atoms with van der Waals surface area (Å²) in [5.41, 5.74) is 0. The number of carboxylic acid groups (broad SMARTS) is 1. The SMILES string of the molecule is CCC(CCNC(=O)CCn1ccnn1)CCC(=O)O. The van der Waals surface area contributed by atoms with Crippen molar-refractivity contribution in [2.24, 2.45) is 5.92 Å². The first-order valence-corrected chi connectivity index (χ1v) is 6.94. The monoisotopic (exact) mass is 282 g/mol. The average molecular weight is 282 g/mol. The number of nitrogens with zero attached hydrogens (tertiary/aromatic N) is 3. The number of aromatic nitrogens is 3. The highest BCUT2D eigenvalue weighted by atomic mass is 16.4. The van der Waals surface area contributed by atoms with Crippen molar-refractivity contribution >= 4 is 11.9 Å². The third-order valence-corrected chi connectivity index (χ3v) is 3.26. The van der Waals surface area contributed by atoms with E-state index < -0.39 is 5.97 Å². The topological polar surface area (TPSA) is 97.1 Å². The van der Waals surface area contributed by atoms with E-state index in [0.717, 1.165) is 12.8 Å². The van der Waals surface area contributed by atoms with Crippen molar-refractivity contribution in [3.63, 3.8) is 0 Å². The molecule has 1 amide bonds. The minimum absolute atomic E-state index is 0.0198. The van der Waals surface area contributed by atoms with Gasteiger partial charge in [-0.1, -0.05) is 18.6 Å². The van der Waals surface area contributed by atoms with E-state index >= 15 is 0 Å². The Morgan fingerprint density at radius 2 is 2.15 bits per heavy atom. The molecule has 7 nitrogen and oxygen atoms in total. The fraction of sp³-hybridized carbons (Fsp3) is 0.692. The van der Waals surface area contributed by atoms with E-state index in [1.165, 1.54) is 0 Å². The number of hydrogen-bond donors (Lipinski definition) is 2. The lowest BCUT2D eigenvalue weighted by Gasteiger charge is -2.14. The molecule has 112 valence electrons. The summed E-state index contributed by atoms with van der Waals surface area (Å²) >= 11 is 0. The second kappa shape index (κ2) is 9.06. The Morgan fingerprint density at radius 1 is 1.35 bits per heavy atom. The van der Waals surface area contributed by atoms with Crippen molar-refractivity contribution in [2.45, 2.75) is 45.6 Å². The van der Waals surface area contributed by atoms with Gasteiger partial charge in [0.25, 0.3) is 0 Å². The van der Waals surface area contributed by atoms with Gasteiger partial charge in [-0.05, 0) is 18.8 Å². The molecule has 0 radical (unpaired) electrons. The predicted molar refractivity (Wildman–Crippen MR) is 72.9 cm³/mol.